The summed E-state index contributed by atoms with van der Waals surface area (Å²) < 4.78 is 11.5. The van der Waals surface area contributed by atoms with Crippen LogP contribution in [0.4, 0.5) is 0 Å². The number of aliphatic hydroxyl groups is 1. The van der Waals surface area contributed by atoms with E-state index in [1.54, 1.807) is 0 Å². The first-order valence-electron chi connectivity index (χ1n) is 11.3. The number of carbonyl (C=O) groups excluding carboxylic acids is 2. The van der Waals surface area contributed by atoms with Crippen LogP contribution in [0.5, 0.6) is 0 Å². The largest absolute Gasteiger partial charge is 0.462 e. The molecule has 1 N–H and O–H groups in total. The van der Waals surface area contributed by atoms with Gasteiger partial charge in [-0.25, -0.2) is 0 Å². The molecule has 29 heavy (non-hydrogen) atoms. The van der Waals surface area contributed by atoms with E-state index in [-0.39, 0.29) is 36.5 Å². The number of hydrogen-bond donors (Lipinski definition) is 1. The Balaban J connectivity index is 1.71. The van der Waals surface area contributed by atoms with E-state index in [0.717, 1.165) is 32.1 Å². The number of fused-ring (bicyclic) bond motifs is 1. The average molecular weight is 405 g/mol. The lowest BCUT2D eigenvalue weighted by atomic mass is 9.65. The maximum absolute atomic E-state index is 12.4. The number of carbonyl (C=O) groups is 2. The highest BCUT2D eigenvalue weighted by Crippen LogP contribution is 2.45. The normalized spacial score (nSPS) is 36.8. The first-order chi connectivity index (χ1) is 13.9. The molecule has 0 aromatic heterocycles. The van der Waals surface area contributed by atoms with Crippen LogP contribution in [0.3, 0.4) is 0 Å². The molecule has 1 unspecified atom stereocenters. The molecule has 0 aromatic rings. The highest BCUT2D eigenvalue weighted by atomic mass is 16.5. The maximum Gasteiger partial charge on any atom is 0.308 e. The fraction of sp³-hybridized carbons (Fsp3) is 0.750. The van der Waals surface area contributed by atoms with Crippen molar-refractivity contribution in [3.63, 3.8) is 0 Å². The van der Waals surface area contributed by atoms with Crippen LogP contribution in [-0.4, -0.2) is 35.4 Å². The van der Waals surface area contributed by atoms with Gasteiger partial charge in [0.2, 0.25) is 0 Å². The Labute approximate surface area is 174 Å². The smallest absolute Gasteiger partial charge is 0.308 e. The Kier molecular flexibility index (Phi) is 7.55. The summed E-state index contributed by atoms with van der Waals surface area (Å²) in [4.78, 5) is 24.0. The van der Waals surface area contributed by atoms with Gasteiger partial charge in [-0.05, 0) is 49.0 Å². The molecule has 7 atom stereocenters. The first-order valence-corrected chi connectivity index (χ1v) is 11.3. The van der Waals surface area contributed by atoms with Gasteiger partial charge in [0.05, 0.1) is 12.5 Å². The second-order valence-corrected chi connectivity index (χ2v) is 9.20. The summed E-state index contributed by atoms with van der Waals surface area (Å²) in [5.74, 6) is 0.891. The van der Waals surface area contributed by atoms with Crippen molar-refractivity contribution in [1.29, 1.82) is 0 Å². The predicted octanol–water partition coefficient (Wildman–Crippen LogP) is 4.34. The first kappa shape index (κ1) is 22.1. The van der Waals surface area contributed by atoms with Crippen LogP contribution in [0.15, 0.2) is 23.8 Å². The summed E-state index contributed by atoms with van der Waals surface area (Å²) in [6, 6.07) is 0. The molecule has 0 saturated carbocycles. The van der Waals surface area contributed by atoms with Crippen molar-refractivity contribution in [1.82, 2.24) is 0 Å². The third-order valence-corrected chi connectivity index (χ3v) is 6.67. The number of allylic oxidation sites excluding steroid dienone is 3. The maximum atomic E-state index is 12.4. The van der Waals surface area contributed by atoms with Gasteiger partial charge in [0, 0.05) is 18.8 Å². The van der Waals surface area contributed by atoms with Gasteiger partial charge >= 0.3 is 11.9 Å². The Bertz CT molecular complexity index is 652. The molecular formula is C24H36O5. The molecule has 1 heterocycles. The quantitative estimate of drug-likeness (QED) is 0.639. The molecule has 0 radical (unpaired) electrons. The lowest BCUT2D eigenvalue weighted by Gasteiger charge is -2.43. The van der Waals surface area contributed by atoms with Crippen LogP contribution >= 0.6 is 0 Å². The third kappa shape index (κ3) is 5.71. The number of ether oxygens (including phenoxy) is 2. The number of hydrogen-bond acceptors (Lipinski definition) is 5. The van der Waals surface area contributed by atoms with E-state index in [2.05, 4.69) is 39.0 Å². The van der Waals surface area contributed by atoms with Crippen molar-refractivity contribution in [3.05, 3.63) is 23.8 Å². The lowest BCUT2D eigenvalue weighted by Crippen LogP contribution is -2.41. The Hall–Kier alpha value is -1.62. The number of aliphatic hydroxyl groups excluding tert-OH is 1. The lowest BCUT2D eigenvalue weighted by molar-refractivity contribution is -0.161. The summed E-state index contributed by atoms with van der Waals surface area (Å²) in [6.07, 6.45) is 11.3. The molecule has 3 aliphatic rings. The summed E-state index contributed by atoms with van der Waals surface area (Å²) >= 11 is 0. The third-order valence-electron chi connectivity index (χ3n) is 6.67. The summed E-state index contributed by atoms with van der Waals surface area (Å²) in [5, 5.41) is 9.89. The highest BCUT2D eigenvalue weighted by molar-refractivity contribution is 5.71. The summed E-state index contributed by atoms with van der Waals surface area (Å²) in [7, 11) is 0. The van der Waals surface area contributed by atoms with Crippen molar-refractivity contribution in [3.8, 4) is 0 Å². The summed E-state index contributed by atoms with van der Waals surface area (Å²) in [5.41, 5.74) is 1.28. The zero-order valence-electron chi connectivity index (χ0n) is 18.0. The Morgan fingerprint density at radius 2 is 2.07 bits per heavy atom. The van der Waals surface area contributed by atoms with Crippen molar-refractivity contribution < 1.29 is 24.2 Å². The van der Waals surface area contributed by atoms with Gasteiger partial charge in [-0.15, -0.1) is 0 Å². The van der Waals surface area contributed by atoms with Crippen molar-refractivity contribution in [2.24, 2.45) is 23.7 Å². The molecule has 3 rings (SSSR count). The Morgan fingerprint density at radius 3 is 2.79 bits per heavy atom. The molecular weight excluding hydrogens is 368 g/mol. The van der Waals surface area contributed by atoms with Crippen molar-refractivity contribution in [2.75, 3.05) is 0 Å². The minimum atomic E-state index is -0.594. The van der Waals surface area contributed by atoms with E-state index in [0.29, 0.717) is 30.6 Å². The van der Waals surface area contributed by atoms with Crippen molar-refractivity contribution >= 4 is 11.9 Å². The number of rotatable bonds is 7. The van der Waals surface area contributed by atoms with E-state index in [1.165, 1.54) is 5.57 Å². The predicted molar refractivity (Wildman–Crippen MR) is 111 cm³/mol. The van der Waals surface area contributed by atoms with E-state index in [1.807, 2.05) is 0 Å². The van der Waals surface area contributed by atoms with Crippen LogP contribution in [0.1, 0.15) is 72.1 Å². The molecule has 1 saturated heterocycles. The monoisotopic (exact) mass is 404 g/mol. The van der Waals surface area contributed by atoms with Crippen LogP contribution in [0, 0.1) is 23.7 Å². The number of cyclic esters (lactones) is 1. The molecule has 5 nitrogen and oxygen atoms in total. The van der Waals surface area contributed by atoms with Crippen molar-refractivity contribution in [2.45, 2.75) is 90.4 Å². The zero-order chi connectivity index (χ0) is 21.0. The second-order valence-electron chi connectivity index (χ2n) is 9.20. The molecule has 0 bridgehead atoms. The second kappa shape index (κ2) is 9.92. The SMILES string of the molecule is CCCCC(=O)O[C@H]1C[C@@H](C)C=C2C=C[C@H](C)[C@H](CC[C@@H]3C[C@@H](O)CC(=O)O3)C21. The Morgan fingerprint density at radius 1 is 1.28 bits per heavy atom. The van der Waals surface area contributed by atoms with Gasteiger partial charge in [0.25, 0.3) is 0 Å². The average Bonchev–Trinajstić information content (AvgIpc) is 2.65. The number of unbranched alkanes of at least 4 members (excludes halogenated alkanes) is 1. The highest BCUT2D eigenvalue weighted by Gasteiger charge is 2.41. The van der Waals surface area contributed by atoms with Gasteiger partial charge in [-0.1, -0.05) is 45.4 Å². The van der Waals surface area contributed by atoms with Crippen LogP contribution in [0.25, 0.3) is 0 Å². The number of esters is 2. The molecule has 1 fully saturated rings. The van der Waals surface area contributed by atoms with E-state index >= 15 is 0 Å². The van der Waals surface area contributed by atoms with E-state index in [9.17, 15) is 14.7 Å². The van der Waals surface area contributed by atoms with Gasteiger partial charge in [-0.2, -0.15) is 0 Å². The minimum absolute atomic E-state index is 0.0874. The van der Waals surface area contributed by atoms with Crippen LogP contribution < -0.4 is 0 Å². The fourth-order valence-electron chi connectivity index (χ4n) is 5.19. The molecule has 162 valence electrons. The van der Waals surface area contributed by atoms with E-state index in [4.69, 9.17) is 9.47 Å². The van der Waals surface area contributed by atoms with E-state index < -0.39 is 6.10 Å². The summed E-state index contributed by atoms with van der Waals surface area (Å²) in [6.45, 7) is 6.48. The van der Waals surface area contributed by atoms with Gasteiger partial charge in [0.1, 0.15) is 12.2 Å². The van der Waals surface area contributed by atoms with Gasteiger partial charge in [0.15, 0.2) is 0 Å². The van der Waals surface area contributed by atoms with Gasteiger partial charge in [-0.3, -0.25) is 9.59 Å². The molecule has 0 aromatic carbocycles. The standard InChI is InChI=1S/C24H36O5/c1-4-5-6-22(26)29-21-12-15(2)11-17-8-7-16(3)20(24(17)21)10-9-19-13-18(25)14-23(27)28-19/h7-8,11,15-16,18-21,24-25H,4-6,9-10,12-14H2,1-3H3/t15-,16-,18+,19+,20-,21-,24?/m0/s1. The molecule has 1 aliphatic heterocycles. The van der Waals surface area contributed by atoms with Crippen LogP contribution in [0.2, 0.25) is 0 Å². The van der Waals surface area contributed by atoms with Gasteiger partial charge < -0.3 is 14.6 Å². The topological polar surface area (TPSA) is 72.8 Å². The molecule has 2 aliphatic carbocycles. The molecule has 0 spiro atoms. The fourth-order valence-corrected chi connectivity index (χ4v) is 5.19. The molecule has 5 heteroatoms. The zero-order valence-corrected chi connectivity index (χ0v) is 18.0. The minimum Gasteiger partial charge on any atom is -0.462 e. The van der Waals surface area contributed by atoms with Crippen LogP contribution in [-0.2, 0) is 19.1 Å². The molecule has 0 amide bonds.